The largest absolute Gasteiger partial charge is 0.369 e. The maximum atomic E-state index is 13.1. The summed E-state index contributed by atoms with van der Waals surface area (Å²) in [6.07, 6.45) is 9.51. The number of piperazine rings is 1. The van der Waals surface area contributed by atoms with Gasteiger partial charge in [-0.05, 0) is 74.4 Å². The molecule has 2 saturated heterocycles. The van der Waals surface area contributed by atoms with Crippen LogP contribution in [0.15, 0.2) is 24.3 Å². The van der Waals surface area contributed by atoms with E-state index in [1.165, 1.54) is 44.2 Å². The Morgan fingerprint density at radius 2 is 1.84 bits per heavy atom. The number of nitrogens with zero attached hydrogens (tertiary/aromatic N) is 2. The smallest absolute Gasteiger partial charge is 0.220 e. The second-order valence-corrected chi connectivity index (χ2v) is 9.80. The Labute approximate surface area is 186 Å². The van der Waals surface area contributed by atoms with Crippen LogP contribution in [0, 0.1) is 17.2 Å². The number of carbonyl (C=O) groups excluding carboxylic acids is 1. The van der Waals surface area contributed by atoms with E-state index in [4.69, 9.17) is 0 Å². The lowest BCUT2D eigenvalue weighted by Gasteiger charge is -2.38. The SMILES string of the molecule is O=C(CCC1CNCC12CCCCC2)NCCCN1CCN(c2ccc(F)cc2)CC1. The molecule has 1 aromatic carbocycles. The molecular weight excluding hydrogens is 391 g/mol. The molecule has 6 heteroatoms. The maximum Gasteiger partial charge on any atom is 0.220 e. The molecule has 172 valence electrons. The summed E-state index contributed by atoms with van der Waals surface area (Å²) in [5, 5.41) is 6.75. The van der Waals surface area contributed by atoms with Crippen molar-refractivity contribution in [2.75, 3.05) is 57.3 Å². The van der Waals surface area contributed by atoms with Crippen LogP contribution in [-0.2, 0) is 4.79 Å². The first-order valence-corrected chi connectivity index (χ1v) is 12.3. The van der Waals surface area contributed by atoms with Gasteiger partial charge in [0.2, 0.25) is 5.91 Å². The fourth-order valence-corrected chi connectivity index (χ4v) is 5.91. The fraction of sp³-hybridized carbons (Fsp3) is 0.720. The van der Waals surface area contributed by atoms with E-state index >= 15 is 0 Å². The molecule has 1 aliphatic carbocycles. The van der Waals surface area contributed by atoms with Crippen molar-refractivity contribution in [3.63, 3.8) is 0 Å². The Balaban J connectivity index is 1.08. The summed E-state index contributed by atoms with van der Waals surface area (Å²) in [5.74, 6) is 0.716. The molecule has 4 rings (SSSR count). The number of nitrogens with one attached hydrogen (secondary N) is 2. The molecule has 5 nitrogen and oxygen atoms in total. The second kappa shape index (κ2) is 10.8. The number of rotatable bonds is 8. The average molecular weight is 431 g/mol. The Bertz CT molecular complexity index is 696. The number of carbonyl (C=O) groups is 1. The van der Waals surface area contributed by atoms with Crippen molar-refractivity contribution >= 4 is 11.6 Å². The van der Waals surface area contributed by atoms with Gasteiger partial charge in [-0.3, -0.25) is 9.69 Å². The Morgan fingerprint density at radius 1 is 1.10 bits per heavy atom. The van der Waals surface area contributed by atoms with Crippen LogP contribution in [0.25, 0.3) is 0 Å². The first-order valence-electron chi connectivity index (χ1n) is 12.3. The molecular formula is C25H39FN4O. The van der Waals surface area contributed by atoms with Crippen LogP contribution in [-0.4, -0.2) is 63.2 Å². The summed E-state index contributed by atoms with van der Waals surface area (Å²) in [4.78, 5) is 17.1. The molecule has 3 fully saturated rings. The van der Waals surface area contributed by atoms with Crippen molar-refractivity contribution in [2.45, 2.75) is 51.4 Å². The van der Waals surface area contributed by atoms with Crippen LogP contribution < -0.4 is 15.5 Å². The molecule has 1 spiro atoms. The molecule has 0 radical (unpaired) electrons. The Kier molecular flexibility index (Phi) is 7.83. The van der Waals surface area contributed by atoms with Gasteiger partial charge in [-0.15, -0.1) is 0 Å². The molecule has 0 bridgehead atoms. The Morgan fingerprint density at radius 3 is 2.58 bits per heavy atom. The van der Waals surface area contributed by atoms with Gasteiger partial charge in [-0.25, -0.2) is 4.39 Å². The van der Waals surface area contributed by atoms with Gasteiger partial charge in [0.05, 0.1) is 0 Å². The molecule has 1 atom stereocenters. The zero-order chi connectivity index (χ0) is 21.5. The lowest BCUT2D eigenvalue weighted by molar-refractivity contribution is -0.121. The lowest BCUT2D eigenvalue weighted by Crippen LogP contribution is -2.47. The summed E-state index contributed by atoms with van der Waals surface area (Å²) in [7, 11) is 0. The van der Waals surface area contributed by atoms with Gasteiger partial charge in [0.25, 0.3) is 0 Å². The number of amides is 1. The number of hydrogen-bond donors (Lipinski definition) is 2. The van der Waals surface area contributed by atoms with Gasteiger partial charge in [0, 0.05) is 51.4 Å². The van der Waals surface area contributed by atoms with E-state index in [0.717, 1.165) is 70.9 Å². The van der Waals surface area contributed by atoms with Gasteiger partial charge < -0.3 is 15.5 Å². The molecule has 2 heterocycles. The molecule has 0 aromatic heterocycles. The van der Waals surface area contributed by atoms with Crippen molar-refractivity contribution in [2.24, 2.45) is 11.3 Å². The number of halogens is 1. The van der Waals surface area contributed by atoms with E-state index in [9.17, 15) is 9.18 Å². The second-order valence-electron chi connectivity index (χ2n) is 9.80. The third kappa shape index (κ3) is 5.98. The van der Waals surface area contributed by atoms with E-state index in [1.54, 1.807) is 0 Å². The van der Waals surface area contributed by atoms with E-state index < -0.39 is 0 Å². The zero-order valence-electron chi connectivity index (χ0n) is 18.9. The van der Waals surface area contributed by atoms with Crippen LogP contribution in [0.2, 0.25) is 0 Å². The van der Waals surface area contributed by atoms with Crippen LogP contribution in [0.5, 0.6) is 0 Å². The minimum atomic E-state index is -0.183. The van der Waals surface area contributed by atoms with E-state index in [1.807, 2.05) is 12.1 Å². The summed E-state index contributed by atoms with van der Waals surface area (Å²) >= 11 is 0. The topological polar surface area (TPSA) is 47.6 Å². The third-order valence-electron chi connectivity index (χ3n) is 7.84. The minimum Gasteiger partial charge on any atom is -0.369 e. The maximum absolute atomic E-state index is 13.1. The molecule has 1 saturated carbocycles. The third-order valence-corrected chi connectivity index (χ3v) is 7.84. The highest BCUT2D eigenvalue weighted by Crippen LogP contribution is 2.46. The number of anilines is 1. The standard InChI is InChI=1S/C25H39FN4O/c26-22-6-8-23(9-7-22)30-17-15-29(16-18-30)14-4-13-28-24(31)10-5-21-19-27-20-25(21)11-2-1-3-12-25/h6-9,21,27H,1-5,10-20H2,(H,28,31). The highest BCUT2D eigenvalue weighted by atomic mass is 19.1. The highest BCUT2D eigenvalue weighted by Gasteiger charge is 2.42. The Hall–Kier alpha value is -1.66. The van der Waals surface area contributed by atoms with Gasteiger partial charge in [-0.1, -0.05) is 19.3 Å². The predicted molar refractivity (Wildman–Crippen MR) is 124 cm³/mol. The highest BCUT2D eigenvalue weighted by molar-refractivity contribution is 5.75. The van der Waals surface area contributed by atoms with Gasteiger partial charge in [0.15, 0.2) is 0 Å². The monoisotopic (exact) mass is 430 g/mol. The van der Waals surface area contributed by atoms with Crippen LogP contribution in [0.4, 0.5) is 10.1 Å². The lowest BCUT2D eigenvalue weighted by atomic mass is 9.66. The van der Waals surface area contributed by atoms with Gasteiger partial charge in [-0.2, -0.15) is 0 Å². The summed E-state index contributed by atoms with van der Waals surface area (Å²) in [6.45, 7) is 8.01. The first-order chi connectivity index (χ1) is 15.1. The van der Waals surface area contributed by atoms with E-state index in [2.05, 4.69) is 20.4 Å². The average Bonchev–Trinajstić information content (AvgIpc) is 3.18. The van der Waals surface area contributed by atoms with E-state index in [0.29, 0.717) is 17.8 Å². The molecule has 1 aromatic rings. The minimum absolute atomic E-state index is 0.183. The molecule has 31 heavy (non-hydrogen) atoms. The van der Waals surface area contributed by atoms with Crippen molar-refractivity contribution in [1.29, 1.82) is 0 Å². The summed E-state index contributed by atoms with van der Waals surface area (Å²) < 4.78 is 13.1. The number of hydrogen-bond acceptors (Lipinski definition) is 4. The van der Waals surface area contributed by atoms with Crippen molar-refractivity contribution in [3.05, 3.63) is 30.1 Å². The normalized spacial score (nSPS) is 23.9. The van der Waals surface area contributed by atoms with Gasteiger partial charge in [0.1, 0.15) is 5.82 Å². The van der Waals surface area contributed by atoms with E-state index in [-0.39, 0.29) is 11.7 Å². The molecule has 1 unspecified atom stereocenters. The first kappa shape index (κ1) is 22.5. The predicted octanol–water partition coefficient (Wildman–Crippen LogP) is 3.40. The van der Waals surface area contributed by atoms with Crippen LogP contribution in [0.3, 0.4) is 0 Å². The quantitative estimate of drug-likeness (QED) is 0.621. The van der Waals surface area contributed by atoms with Gasteiger partial charge >= 0.3 is 0 Å². The number of benzene rings is 1. The molecule has 2 aliphatic heterocycles. The van der Waals surface area contributed by atoms with Crippen LogP contribution >= 0.6 is 0 Å². The molecule has 1 amide bonds. The zero-order valence-corrected chi connectivity index (χ0v) is 18.9. The van der Waals surface area contributed by atoms with Crippen molar-refractivity contribution < 1.29 is 9.18 Å². The van der Waals surface area contributed by atoms with Crippen molar-refractivity contribution in [1.82, 2.24) is 15.5 Å². The summed E-state index contributed by atoms with van der Waals surface area (Å²) in [6, 6.07) is 6.78. The summed E-state index contributed by atoms with van der Waals surface area (Å²) in [5.41, 5.74) is 1.58. The van der Waals surface area contributed by atoms with Crippen molar-refractivity contribution in [3.8, 4) is 0 Å². The van der Waals surface area contributed by atoms with Crippen LogP contribution in [0.1, 0.15) is 51.4 Å². The molecule has 3 aliphatic rings. The fourth-order valence-electron chi connectivity index (χ4n) is 5.91. The molecule has 2 N–H and O–H groups in total.